The number of carboxylic acids is 1. The Morgan fingerprint density at radius 3 is 2.14 bits per heavy atom. The van der Waals surface area contributed by atoms with Gasteiger partial charge in [0.05, 0.1) is 7.11 Å². The fourth-order valence-corrected chi connectivity index (χ4v) is 3.89. The van der Waals surface area contributed by atoms with Crippen LogP contribution < -0.4 is 15.2 Å². The second-order valence-electron chi connectivity index (χ2n) is 7.94. The number of aliphatic carboxylic acids is 1. The number of rotatable bonds is 2. The van der Waals surface area contributed by atoms with Crippen LogP contribution in [-0.2, 0) is 15.1 Å². The normalized spacial score (nSPS) is 17.7. The molecule has 2 aliphatic rings. The third-order valence-corrected chi connectivity index (χ3v) is 5.63. The number of fused-ring (bicyclic) bond motifs is 4. The van der Waals surface area contributed by atoms with Gasteiger partial charge in [-0.05, 0) is 48.4 Å². The number of ether oxygens (including phenoxy) is 3. The molecule has 1 spiro atoms. The van der Waals surface area contributed by atoms with Gasteiger partial charge in [-0.3, -0.25) is 0 Å². The molecule has 3 aromatic rings. The largest absolute Gasteiger partial charge is 0.497 e. The van der Waals surface area contributed by atoms with Gasteiger partial charge in [0.25, 0.3) is 6.02 Å². The first-order valence-electron chi connectivity index (χ1n) is 10.4. The first-order valence-corrected chi connectivity index (χ1v) is 10.4. The highest BCUT2D eigenvalue weighted by molar-refractivity contribution is 5.78. The molecule has 182 valence electrons. The molecule has 0 radical (unpaired) electrons. The summed E-state index contributed by atoms with van der Waals surface area (Å²) in [4.78, 5) is 13.6. The van der Waals surface area contributed by atoms with Gasteiger partial charge in [0.1, 0.15) is 23.9 Å². The van der Waals surface area contributed by atoms with Crippen molar-refractivity contribution in [3.63, 3.8) is 0 Å². The number of nitrogens with two attached hydrogens (primary N) is 1. The maximum absolute atomic E-state index is 10.6. The molecule has 7 nitrogen and oxygen atoms in total. The molecule has 35 heavy (non-hydrogen) atoms. The summed E-state index contributed by atoms with van der Waals surface area (Å²) in [5.74, 6) is -0.526. The maximum Gasteiger partial charge on any atom is 0.490 e. The van der Waals surface area contributed by atoms with E-state index in [4.69, 9.17) is 34.8 Å². The van der Waals surface area contributed by atoms with E-state index in [0.717, 1.165) is 39.5 Å². The number of carbonyl (C=O) groups is 1. The minimum Gasteiger partial charge on any atom is -0.497 e. The van der Waals surface area contributed by atoms with E-state index in [1.165, 1.54) is 5.56 Å². The van der Waals surface area contributed by atoms with Crippen LogP contribution in [0.4, 0.5) is 13.2 Å². The summed E-state index contributed by atoms with van der Waals surface area (Å²) >= 11 is 0. The molecule has 0 bridgehead atoms. The number of methoxy groups -OCH3 is 1. The zero-order valence-corrected chi connectivity index (χ0v) is 18.7. The molecule has 0 aromatic heterocycles. The summed E-state index contributed by atoms with van der Waals surface area (Å²) in [6.07, 6.45) is -5.08. The highest BCUT2D eigenvalue weighted by atomic mass is 19.4. The van der Waals surface area contributed by atoms with E-state index in [9.17, 15) is 13.2 Å². The minimum absolute atomic E-state index is 0.183. The number of nitrogens with zero attached hydrogens (tertiary/aromatic N) is 1. The fraction of sp³-hybridized carbons (Fsp3) is 0.200. The summed E-state index contributed by atoms with van der Waals surface area (Å²) in [5.41, 5.74) is 10.5. The van der Waals surface area contributed by atoms with Crippen molar-refractivity contribution in [2.24, 2.45) is 10.7 Å². The van der Waals surface area contributed by atoms with Crippen LogP contribution in [0.3, 0.4) is 0 Å². The van der Waals surface area contributed by atoms with Crippen molar-refractivity contribution in [2.75, 3.05) is 13.7 Å². The maximum atomic E-state index is 10.6. The number of hydrogen-bond acceptors (Lipinski definition) is 6. The Morgan fingerprint density at radius 2 is 1.60 bits per heavy atom. The van der Waals surface area contributed by atoms with Gasteiger partial charge >= 0.3 is 12.1 Å². The predicted molar refractivity (Wildman–Crippen MR) is 122 cm³/mol. The van der Waals surface area contributed by atoms with E-state index in [0.29, 0.717) is 6.61 Å². The lowest BCUT2D eigenvalue weighted by Gasteiger charge is -2.34. The standard InChI is InChI=1S/C23H20N2O3.C2HF3O2/c1-14-3-5-15(6-4-14)16-7-9-20-18(11-16)23(13-27-22(24)25-23)19-12-17(26-2)8-10-21(19)28-20;3-2(4,5)1(6)7/h3-12H,13H2,1-2H3,(H2,24,25);(H,6,7). The van der Waals surface area contributed by atoms with E-state index < -0.39 is 17.7 Å². The average molecular weight is 486 g/mol. The Balaban J connectivity index is 0.000000364. The van der Waals surface area contributed by atoms with Crippen LogP contribution in [0, 0.1) is 6.92 Å². The van der Waals surface area contributed by atoms with Crippen LogP contribution in [0.25, 0.3) is 11.1 Å². The molecule has 3 aromatic carbocycles. The van der Waals surface area contributed by atoms with Gasteiger partial charge in [0.2, 0.25) is 0 Å². The lowest BCUT2D eigenvalue weighted by Crippen LogP contribution is -2.31. The predicted octanol–water partition coefficient (Wildman–Crippen LogP) is 5.00. The highest BCUT2D eigenvalue weighted by Gasteiger charge is 2.47. The molecule has 3 N–H and O–H groups in total. The van der Waals surface area contributed by atoms with Crippen molar-refractivity contribution in [3.8, 4) is 28.4 Å². The van der Waals surface area contributed by atoms with E-state index >= 15 is 0 Å². The molecule has 1 atom stereocenters. The molecule has 0 saturated heterocycles. The lowest BCUT2D eigenvalue weighted by atomic mass is 9.80. The second-order valence-corrected chi connectivity index (χ2v) is 7.94. The quantitative estimate of drug-likeness (QED) is 0.529. The van der Waals surface area contributed by atoms with Crippen molar-refractivity contribution in [2.45, 2.75) is 18.6 Å². The SMILES string of the molecule is COc1ccc2c(c1)C1(COC(N)=N1)c1cc(-c3ccc(C)cc3)ccc1O2.O=C(O)C(F)(F)F. The summed E-state index contributed by atoms with van der Waals surface area (Å²) in [5, 5.41) is 7.12. The van der Waals surface area contributed by atoms with Crippen molar-refractivity contribution >= 4 is 12.0 Å². The Labute approximate surface area is 198 Å². The first kappa shape index (κ1) is 23.9. The topological polar surface area (TPSA) is 103 Å². The van der Waals surface area contributed by atoms with Gasteiger partial charge in [-0.25, -0.2) is 9.79 Å². The number of hydrogen-bond donors (Lipinski definition) is 2. The summed E-state index contributed by atoms with van der Waals surface area (Å²) < 4.78 is 49.0. The Hall–Kier alpha value is -4.21. The molecule has 2 heterocycles. The van der Waals surface area contributed by atoms with Gasteiger partial charge in [-0.15, -0.1) is 0 Å². The molecule has 10 heteroatoms. The summed E-state index contributed by atoms with van der Waals surface area (Å²) in [6.45, 7) is 2.41. The first-order chi connectivity index (χ1) is 16.5. The fourth-order valence-electron chi connectivity index (χ4n) is 3.89. The van der Waals surface area contributed by atoms with Crippen LogP contribution in [0.1, 0.15) is 16.7 Å². The molecule has 0 saturated carbocycles. The number of benzene rings is 3. The molecule has 0 fully saturated rings. The number of halogens is 3. The number of carboxylic acid groups (broad SMARTS) is 1. The zero-order chi connectivity index (χ0) is 25.4. The lowest BCUT2D eigenvalue weighted by molar-refractivity contribution is -0.192. The molecule has 2 aliphatic heterocycles. The highest BCUT2D eigenvalue weighted by Crippen LogP contribution is 2.52. The number of aryl methyl sites for hydroxylation is 1. The van der Waals surface area contributed by atoms with Gasteiger partial charge < -0.3 is 25.1 Å². The van der Waals surface area contributed by atoms with Crippen molar-refractivity contribution in [1.29, 1.82) is 0 Å². The Kier molecular flexibility index (Phi) is 6.06. The smallest absolute Gasteiger partial charge is 0.490 e. The molecular weight excluding hydrogens is 465 g/mol. The van der Waals surface area contributed by atoms with E-state index in [2.05, 4.69) is 43.3 Å². The van der Waals surface area contributed by atoms with Crippen LogP contribution in [0.15, 0.2) is 65.7 Å². The zero-order valence-electron chi connectivity index (χ0n) is 18.7. The third kappa shape index (κ3) is 4.59. The summed E-state index contributed by atoms with van der Waals surface area (Å²) in [7, 11) is 1.64. The number of aliphatic imine (C=N–C) groups is 1. The molecule has 0 aliphatic carbocycles. The Bertz CT molecular complexity index is 1310. The van der Waals surface area contributed by atoms with E-state index in [1.54, 1.807) is 7.11 Å². The minimum atomic E-state index is -5.08. The number of amidine groups is 1. The van der Waals surface area contributed by atoms with Crippen LogP contribution >= 0.6 is 0 Å². The van der Waals surface area contributed by atoms with E-state index in [-0.39, 0.29) is 6.02 Å². The van der Waals surface area contributed by atoms with Crippen LogP contribution in [-0.4, -0.2) is 37.0 Å². The second kappa shape index (κ2) is 8.86. The van der Waals surface area contributed by atoms with Crippen LogP contribution in [0.2, 0.25) is 0 Å². The molecule has 5 rings (SSSR count). The number of alkyl halides is 3. The van der Waals surface area contributed by atoms with Crippen molar-refractivity contribution in [1.82, 2.24) is 0 Å². The van der Waals surface area contributed by atoms with Crippen LogP contribution in [0.5, 0.6) is 17.2 Å². The van der Waals surface area contributed by atoms with Gasteiger partial charge in [-0.1, -0.05) is 35.9 Å². The van der Waals surface area contributed by atoms with Gasteiger partial charge in [0, 0.05) is 11.1 Å². The average Bonchev–Trinajstić information content (AvgIpc) is 3.21. The van der Waals surface area contributed by atoms with Crippen molar-refractivity contribution in [3.05, 3.63) is 77.4 Å². The Morgan fingerprint density at radius 1 is 1.03 bits per heavy atom. The van der Waals surface area contributed by atoms with Gasteiger partial charge in [-0.2, -0.15) is 13.2 Å². The monoisotopic (exact) mass is 486 g/mol. The molecule has 1 unspecified atom stereocenters. The third-order valence-electron chi connectivity index (χ3n) is 5.63. The van der Waals surface area contributed by atoms with Gasteiger partial charge in [0.15, 0.2) is 5.54 Å². The van der Waals surface area contributed by atoms with Crippen molar-refractivity contribution < 1.29 is 37.3 Å². The molecular formula is C25H21F3N2O5. The van der Waals surface area contributed by atoms with E-state index in [1.807, 2.05) is 24.3 Å². The molecule has 0 amide bonds. The summed E-state index contributed by atoms with van der Waals surface area (Å²) in [6, 6.07) is 20.5.